The van der Waals surface area contributed by atoms with Crippen LogP contribution in [0.5, 0.6) is 0 Å². The van der Waals surface area contributed by atoms with E-state index in [2.05, 4.69) is 5.16 Å². The van der Waals surface area contributed by atoms with Crippen molar-refractivity contribution in [3.63, 3.8) is 0 Å². The van der Waals surface area contributed by atoms with Gasteiger partial charge in [-0.15, -0.1) is 0 Å². The lowest BCUT2D eigenvalue weighted by Gasteiger charge is -2.32. The molecule has 0 amide bonds. The highest BCUT2D eigenvalue weighted by Gasteiger charge is 2.44. The standard InChI is InChI=1S/C11H20F3N3O2/c12-11(13,14)9(10(15)16-19)7-17(5-6-18)8-3-1-2-4-8/h8-9,18-19H,1-7H2,(H2,15,16). The van der Waals surface area contributed by atoms with E-state index in [0.29, 0.717) is 0 Å². The number of aliphatic hydroxyl groups is 1. The van der Waals surface area contributed by atoms with E-state index in [4.69, 9.17) is 16.0 Å². The zero-order chi connectivity index (χ0) is 14.5. The maximum Gasteiger partial charge on any atom is 0.400 e. The van der Waals surface area contributed by atoms with Crippen molar-refractivity contribution in [2.45, 2.75) is 37.9 Å². The highest BCUT2D eigenvalue weighted by atomic mass is 19.4. The molecule has 0 bridgehead atoms. The Balaban J connectivity index is 2.78. The van der Waals surface area contributed by atoms with Gasteiger partial charge in [-0.3, -0.25) is 4.90 Å². The molecule has 8 heteroatoms. The number of hydrogen-bond acceptors (Lipinski definition) is 4. The van der Waals surface area contributed by atoms with E-state index < -0.39 is 17.9 Å². The average Bonchev–Trinajstić information content (AvgIpc) is 2.85. The van der Waals surface area contributed by atoms with Crippen LogP contribution in [-0.2, 0) is 0 Å². The van der Waals surface area contributed by atoms with Gasteiger partial charge in [0.15, 0.2) is 5.84 Å². The van der Waals surface area contributed by atoms with Crippen molar-refractivity contribution in [2.24, 2.45) is 16.8 Å². The molecule has 1 atom stereocenters. The lowest BCUT2D eigenvalue weighted by Crippen LogP contribution is -2.47. The summed E-state index contributed by atoms with van der Waals surface area (Å²) in [5.41, 5.74) is 5.14. The Bertz CT molecular complexity index is 304. The lowest BCUT2D eigenvalue weighted by molar-refractivity contribution is -0.161. The second kappa shape index (κ2) is 6.95. The van der Waals surface area contributed by atoms with E-state index in [-0.39, 0.29) is 25.7 Å². The number of alkyl halides is 3. The second-order valence-electron chi connectivity index (χ2n) is 4.78. The van der Waals surface area contributed by atoms with E-state index in [1.165, 1.54) is 0 Å². The average molecular weight is 283 g/mol. The highest BCUT2D eigenvalue weighted by molar-refractivity contribution is 5.83. The van der Waals surface area contributed by atoms with Crippen LogP contribution in [0.1, 0.15) is 25.7 Å². The van der Waals surface area contributed by atoms with Crippen LogP contribution in [0.25, 0.3) is 0 Å². The normalized spacial score (nSPS) is 20.2. The molecule has 5 nitrogen and oxygen atoms in total. The Hall–Kier alpha value is -1.02. The zero-order valence-electron chi connectivity index (χ0n) is 10.6. The number of halogens is 3. The van der Waals surface area contributed by atoms with Gasteiger partial charge in [-0.25, -0.2) is 0 Å². The molecule has 112 valence electrons. The van der Waals surface area contributed by atoms with Crippen molar-refractivity contribution in [1.29, 1.82) is 0 Å². The fraction of sp³-hybridized carbons (Fsp3) is 0.909. The molecule has 0 saturated heterocycles. The van der Waals surface area contributed by atoms with Crippen LogP contribution in [0.4, 0.5) is 13.2 Å². The fourth-order valence-electron chi connectivity index (χ4n) is 2.49. The van der Waals surface area contributed by atoms with Crippen LogP contribution in [0.2, 0.25) is 0 Å². The molecule has 0 heterocycles. The van der Waals surface area contributed by atoms with Crippen LogP contribution in [0.3, 0.4) is 0 Å². The molecule has 1 fully saturated rings. The molecule has 1 unspecified atom stereocenters. The summed E-state index contributed by atoms with van der Waals surface area (Å²) in [7, 11) is 0. The van der Waals surface area contributed by atoms with Gasteiger partial charge in [-0.05, 0) is 12.8 Å². The first-order valence-electron chi connectivity index (χ1n) is 6.29. The fourth-order valence-corrected chi connectivity index (χ4v) is 2.49. The predicted octanol–water partition coefficient (Wildman–Crippen LogP) is 1.15. The molecule has 0 spiro atoms. The SMILES string of the molecule is NC(=NO)C(CN(CCO)C1CCCC1)C(F)(F)F. The maximum atomic E-state index is 12.9. The number of nitrogens with zero attached hydrogens (tertiary/aromatic N) is 2. The maximum absolute atomic E-state index is 12.9. The van der Waals surface area contributed by atoms with Crippen molar-refractivity contribution in [3.8, 4) is 0 Å². The molecule has 19 heavy (non-hydrogen) atoms. The van der Waals surface area contributed by atoms with E-state index in [1.807, 2.05) is 0 Å². The Morgan fingerprint density at radius 2 is 1.95 bits per heavy atom. The Morgan fingerprint density at radius 3 is 2.37 bits per heavy atom. The highest BCUT2D eigenvalue weighted by Crippen LogP contribution is 2.30. The van der Waals surface area contributed by atoms with E-state index >= 15 is 0 Å². The van der Waals surface area contributed by atoms with Gasteiger partial charge in [0.25, 0.3) is 0 Å². The third-order valence-corrected chi connectivity index (χ3v) is 3.51. The van der Waals surface area contributed by atoms with Crippen LogP contribution in [0.15, 0.2) is 5.16 Å². The number of oxime groups is 1. The minimum absolute atomic E-state index is 0.0310. The largest absolute Gasteiger partial charge is 0.409 e. The molecule has 1 saturated carbocycles. The Morgan fingerprint density at radius 1 is 1.37 bits per heavy atom. The van der Waals surface area contributed by atoms with Crippen LogP contribution in [-0.4, -0.2) is 53.0 Å². The third-order valence-electron chi connectivity index (χ3n) is 3.51. The van der Waals surface area contributed by atoms with Crippen molar-refractivity contribution in [2.75, 3.05) is 19.7 Å². The molecule has 0 aromatic heterocycles. The molecule has 0 aliphatic heterocycles. The summed E-state index contributed by atoms with van der Waals surface area (Å²) in [4.78, 5) is 1.59. The Kier molecular flexibility index (Phi) is 5.86. The lowest BCUT2D eigenvalue weighted by atomic mass is 10.1. The monoisotopic (exact) mass is 283 g/mol. The zero-order valence-corrected chi connectivity index (χ0v) is 10.6. The van der Waals surface area contributed by atoms with Gasteiger partial charge in [0.05, 0.1) is 6.61 Å². The predicted molar refractivity (Wildman–Crippen MR) is 63.9 cm³/mol. The summed E-state index contributed by atoms with van der Waals surface area (Å²) < 4.78 is 38.7. The first kappa shape index (κ1) is 16.0. The van der Waals surface area contributed by atoms with Gasteiger partial charge in [0.1, 0.15) is 5.92 Å². The molecular formula is C11H20F3N3O2. The minimum Gasteiger partial charge on any atom is -0.409 e. The summed E-state index contributed by atoms with van der Waals surface area (Å²) in [5.74, 6) is -2.85. The van der Waals surface area contributed by atoms with Gasteiger partial charge in [-0.1, -0.05) is 18.0 Å². The minimum atomic E-state index is -4.57. The summed E-state index contributed by atoms with van der Waals surface area (Å²) in [5, 5.41) is 19.9. The molecule has 0 aromatic rings. The molecule has 1 rings (SSSR count). The molecule has 1 aliphatic rings. The third kappa shape index (κ3) is 4.54. The van der Waals surface area contributed by atoms with Gasteiger partial charge >= 0.3 is 6.18 Å². The second-order valence-corrected chi connectivity index (χ2v) is 4.78. The first-order valence-corrected chi connectivity index (χ1v) is 6.29. The van der Waals surface area contributed by atoms with Gasteiger partial charge < -0.3 is 16.0 Å². The van der Waals surface area contributed by atoms with Gasteiger partial charge in [-0.2, -0.15) is 13.2 Å². The van der Waals surface area contributed by atoms with Gasteiger partial charge in [0, 0.05) is 19.1 Å². The molecule has 0 aromatic carbocycles. The van der Waals surface area contributed by atoms with Crippen LogP contribution < -0.4 is 5.73 Å². The molecular weight excluding hydrogens is 263 g/mol. The van der Waals surface area contributed by atoms with E-state index in [1.54, 1.807) is 4.90 Å². The van der Waals surface area contributed by atoms with Crippen molar-refractivity contribution in [3.05, 3.63) is 0 Å². The first-order chi connectivity index (χ1) is 8.90. The number of amidine groups is 1. The van der Waals surface area contributed by atoms with Crippen molar-refractivity contribution in [1.82, 2.24) is 4.90 Å². The van der Waals surface area contributed by atoms with Crippen molar-refractivity contribution < 1.29 is 23.5 Å². The smallest absolute Gasteiger partial charge is 0.400 e. The number of nitrogens with two attached hydrogens (primary N) is 1. The number of aliphatic hydroxyl groups excluding tert-OH is 1. The van der Waals surface area contributed by atoms with Crippen LogP contribution in [0, 0.1) is 5.92 Å². The van der Waals surface area contributed by atoms with Crippen molar-refractivity contribution >= 4 is 5.84 Å². The molecule has 4 N–H and O–H groups in total. The number of rotatable bonds is 6. The summed E-state index contributed by atoms with van der Waals surface area (Å²) in [6.45, 7) is -0.433. The molecule has 0 radical (unpaired) electrons. The van der Waals surface area contributed by atoms with Crippen LogP contribution >= 0.6 is 0 Å². The van der Waals surface area contributed by atoms with Gasteiger partial charge in [0.2, 0.25) is 0 Å². The molecule has 1 aliphatic carbocycles. The summed E-state index contributed by atoms with van der Waals surface area (Å²) in [6, 6.07) is 0.0310. The quantitative estimate of drug-likeness (QED) is 0.295. The summed E-state index contributed by atoms with van der Waals surface area (Å²) >= 11 is 0. The number of hydrogen-bond donors (Lipinski definition) is 3. The Labute approximate surface area is 109 Å². The van der Waals surface area contributed by atoms with E-state index in [9.17, 15) is 13.2 Å². The summed E-state index contributed by atoms with van der Waals surface area (Å²) in [6.07, 6.45) is -0.968. The van der Waals surface area contributed by atoms with E-state index in [0.717, 1.165) is 25.7 Å². The topological polar surface area (TPSA) is 82.1 Å².